The van der Waals surface area contributed by atoms with Crippen molar-refractivity contribution >= 4 is 16.8 Å². The number of aromatic nitrogens is 2. The normalized spacial score (nSPS) is 12.5. The second-order valence-corrected chi connectivity index (χ2v) is 7.37. The lowest BCUT2D eigenvalue weighted by Crippen LogP contribution is -2.18. The molecule has 4 nitrogen and oxygen atoms in total. The third-order valence-corrected chi connectivity index (χ3v) is 5.02. The van der Waals surface area contributed by atoms with Crippen LogP contribution < -0.4 is 5.32 Å². The predicted molar refractivity (Wildman–Crippen MR) is 107 cm³/mol. The molecule has 3 rings (SSSR count). The SMILES string of the molecule is CNC(=O)c1cc(F)cc(C(C)CCn2cc3c(C(C)C)cccc3n2)c1. The van der Waals surface area contributed by atoms with Gasteiger partial charge in [-0.1, -0.05) is 32.9 Å². The number of carbonyl (C=O) groups excluding carboxylic acids is 1. The van der Waals surface area contributed by atoms with Crippen LogP contribution in [0, 0.1) is 5.82 Å². The first-order valence-electron chi connectivity index (χ1n) is 9.37. The van der Waals surface area contributed by atoms with E-state index in [1.807, 2.05) is 23.7 Å². The Kier molecular flexibility index (Phi) is 5.59. The third-order valence-electron chi connectivity index (χ3n) is 5.02. The van der Waals surface area contributed by atoms with E-state index in [9.17, 15) is 9.18 Å². The van der Waals surface area contributed by atoms with E-state index in [0.29, 0.717) is 11.5 Å². The van der Waals surface area contributed by atoms with Crippen molar-refractivity contribution in [2.24, 2.45) is 0 Å². The lowest BCUT2D eigenvalue weighted by molar-refractivity contribution is 0.0962. The zero-order chi connectivity index (χ0) is 19.6. The average molecular weight is 367 g/mol. The van der Waals surface area contributed by atoms with E-state index >= 15 is 0 Å². The van der Waals surface area contributed by atoms with Crippen LogP contribution in [-0.4, -0.2) is 22.7 Å². The summed E-state index contributed by atoms with van der Waals surface area (Å²) in [5.74, 6) is -0.103. The Morgan fingerprint density at radius 1 is 1.22 bits per heavy atom. The lowest BCUT2D eigenvalue weighted by atomic mass is 9.95. The number of hydrogen-bond donors (Lipinski definition) is 1. The van der Waals surface area contributed by atoms with E-state index in [0.717, 1.165) is 24.0 Å². The highest BCUT2D eigenvalue weighted by Crippen LogP contribution is 2.26. The van der Waals surface area contributed by atoms with E-state index in [1.165, 1.54) is 23.1 Å². The van der Waals surface area contributed by atoms with Gasteiger partial charge in [-0.3, -0.25) is 9.48 Å². The quantitative estimate of drug-likeness (QED) is 0.677. The number of amides is 1. The number of rotatable bonds is 6. The van der Waals surface area contributed by atoms with Gasteiger partial charge < -0.3 is 5.32 Å². The number of nitrogens with one attached hydrogen (secondary N) is 1. The largest absolute Gasteiger partial charge is 0.355 e. The molecule has 142 valence electrons. The lowest BCUT2D eigenvalue weighted by Gasteiger charge is -2.13. The Labute approximate surface area is 159 Å². The van der Waals surface area contributed by atoms with Crippen LogP contribution in [0.4, 0.5) is 4.39 Å². The molecule has 0 spiro atoms. The van der Waals surface area contributed by atoms with Gasteiger partial charge in [0, 0.05) is 30.7 Å². The molecule has 0 aliphatic heterocycles. The Hall–Kier alpha value is -2.69. The molecule has 27 heavy (non-hydrogen) atoms. The Balaban J connectivity index is 1.77. The maximum absolute atomic E-state index is 13.9. The van der Waals surface area contributed by atoms with E-state index < -0.39 is 0 Å². The molecule has 1 amide bonds. The summed E-state index contributed by atoms with van der Waals surface area (Å²) in [6.07, 6.45) is 2.90. The van der Waals surface area contributed by atoms with Crippen LogP contribution in [0.1, 0.15) is 60.5 Å². The highest BCUT2D eigenvalue weighted by atomic mass is 19.1. The summed E-state index contributed by atoms with van der Waals surface area (Å²) in [6, 6.07) is 10.8. The zero-order valence-electron chi connectivity index (χ0n) is 16.3. The molecule has 0 saturated carbocycles. The van der Waals surface area contributed by atoms with Crippen molar-refractivity contribution in [3.8, 4) is 0 Å². The van der Waals surface area contributed by atoms with Gasteiger partial charge in [0.1, 0.15) is 5.82 Å². The van der Waals surface area contributed by atoms with Crippen molar-refractivity contribution in [2.75, 3.05) is 7.05 Å². The van der Waals surface area contributed by atoms with Crippen LogP contribution in [0.25, 0.3) is 10.9 Å². The van der Waals surface area contributed by atoms with Gasteiger partial charge in [-0.2, -0.15) is 5.10 Å². The van der Waals surface area contributed by atoms with Gasteiger partial charge in [0.15, 0.2) is 0 Å². The van der Waals surface area contributed by atoms with E-state index in [1.54, 1.807) is 13.1 Å². The number of hydrogen-bond acceptors (Lipinski definition) is 2. The summed E-state index contributed by atoms with van der Waals surface area (Å²) < 4.78 is 15.9. The second-order valence-electron chi connectivity index (χ2n) is 7.37. The van der Waals surface area contributed by atoms with Gasteiger partial charge in [0.05, 0.1) is 5.52 Å². The maximum atomic E-state index is 13.9. The van der Waals surface area contributed by atoms with Crippen LogP contribution >= 0.6 is 0 Å². The van der Waals surface area contributed by atoms with Crippen LogP contribution in [0.15, 0.2) is 42.6 Å². The van der Waals surface area contributed by atoms with Crippen molar-refractivity contribution < 1.29 is 9.18 Å². The van der Waals surface area contributed by atoms with Crippen LogP contribution in [-0.2, 0) is 6.54 Å². The van der Waals surface area contributed by atoms with Gasteiger partial charge in [-0.25, -0.2) is 4.39 Å². The highest BCUT2D eigenvalue weighted by molar-refractivity contribution is 5.94. The minimum Gasteiger partial charge on any atom is -0.355 e. The minimum absolute atomic E-state index is 0.112. The van der Waals surface area contributed by atoms with Crippen molar-refractivity contribution in [1.29, 1.82) is 0 Å². The fourth-order valence-electron chi connectivity index (χ4n) is 3.40. The molecule has 0 bridgehead atoms. The highest BCUT2D eigenvalue weighted by Gasteiger charge is 2.13. The molecule has 0 aliphatic rings. The maximum Gasteiger partial charge on any atom is 0.251 e. The smallest absolute Gasteiger partial charge is 0.251 e. The standard InChI is InChI=1S/C22H26FN3O/c1-14(2)19-6-5-7-21-20(19)13-26(25-21)9-8-15(3)16-10-17(22(27)24-4)12-18(23)11-16/h5-7,10-15H,8-9H2,1-4H3,(H,24,27). The molecule has 1 atom stereocenters. The van der Waals surface area contributed by atoms with Gasteiger partial charge >= 0.3 is 0 Å². The molecule has 5 heteroatoms. The van der Waals surface area contributed by atoms with Gasteiger partial charge in [0.25, 0.3) is 5.91 Å². The number of carbonyl (C=O) groups is 1. The summed E-state index contributed by atoms with van der Waals surface area (Å²) in [7, 11) is 1.55. The molecular weight excluding hydrogens is 341 g/mol. The van der Waals surface area contributed by atoms with E-state index in [4.69, 9.17) is 0 Å². The number of fused-ring (bicyclic) bond motifs is 1. The molecule has 3 aromatic rings. The third kappa shape index (κ3) is 4.18. The first-order valence-corrected chi connectivity index (χ1v) is 9.37. The monoisotopic (exact) mass is 367 g/mol. The van der Waals surface area contributed by atoms with E-state index in [2.05, 4.69) is 36.5 Å². The second kappa shape index (κ2) is 7.91. The topological polar surface area (TPSA) is 46.9 Å². The molecule has 1 heterocycles. The predicted octanol–water partition coefficient (Wildman–Crippen LogP) is 4.85. The first-order chi connectivity index (χ1) is 12.9. The molecule has 1 aromatic heterocycles. The number of nitrogens with zero attached hydrogens (tertiary/aromatic N) is 2. The Morgan fingerprint density at radius 2 is 2.00 bits per heavy atom. The van der Waals surface area contributed by atoms with Crippen molar-refractivity contribution in [2.45, 2.75) is 45.6 Å². The number of aryl methyl sites for hydroxylation is 1. The number of halogens is 1. The summed E-state index contributed by atoms with van der Waals surface area (Å²) in [4.78, 5) is 11.8. The number of benzene rings is 2. The molecule has 0 aliphatic carbocycles. The fraction of sp³-hybridized carbons (Fsp3) is 0.364. The Morgan fingerprint density at radius 3 is 2.70 bits per heavy atom. The van der Waals surface area contributed by atoms with Gasteiger partial charge in [0.2, 0.25) is 0 Å². The van der Waals surface area contributed by atoms with Crippen LogP contribution in [0.5, 0.6) is 0 Å². The molecule has 2 aromatic carbocycles. The summed E-state index contributed by atoms with van der Waals surface area (Å²) in [5.41, 5.74) is 3.48. The van der Waals surface area contributed by atoms with Gasteiger partial charge in [-0.05, 0) is 53.6 Å². The first kappa shape index (κ1) is 19.1. The molecule has 0 saturated heterocycles. The summed E-state index contributed by atoms with van der Waals surface area (Å²) in [5, 5.41) is 8.41. The van der Waals surface area contributed by atoms with Crippen molar-refractivity contribution in [3.05, 3.63) is 65.1 Å². The molecule has 0 radical (unpaired) electrons. The minimum atomic E-state index is -0.385. The van der Waals surface area contributed by atoms with Gasteiger partial charge in [-0.15, -0.1) is 0 Å². The summed E-state index contributed by atoms with van der Waals surface area (Å²) >= 11 is 0. The van der Waals surface area contributed by atoms with Crippen molar-refractivity contribution in [3.63, 3.8) is 0 Å². The van der Waals surface area contributed by atoms with E-state index in [-0.39, 0.29) is 17.6 Å². The fourth-order valence-corrected chi connectivity index (χ4v) is 3.40. The van der Waals surface area contributed by atoms with Crippen LogP contribution in [0.2, 0.25) is 0 Å². The van der Waals surface area contributed by atoms with Crippen LogP contribution in [0.3, 0.4) is 0 Å². The molecule has 0 fully saturated rings. The molecule has 1 unspecified atom stereocenters. The zero-order valence-corrected chi connectivity index (χ0v) is 16.3. The Bertz CT molecular complexity index is 961. The average Bonchev–Trinajstić information content (AvgIpc) is 3.07. The summed E-state index contributed by atoms with van der Waals surface area (Å²) in [6.45, 7) is 7.15. The van der Waals surface area contributed by atoms with Crippen molar-refractivity contribution in [1.82, 2.24) is 15.1 Å². The molecule has 1 N–H and O–H groups in total. The molecular formula is C22H26FN3O.